The standard InChI is InChI=1S/C20H14F2N2O3S/c1-3-9-24-16-8-5-12(19(26)27-4-2)10-17(16)28-20(24)23-18(25)14-7-6-13(21)11-15(14)22/h1,5-8,10-11H,4,9H2,2H3. The van der Waals surface area contributed by atoms with Gasteiger partial charge in [0.1, 0.15) is 11.6 Å². The Morgan fingerprint density at radius 1 is 1.25 bits per heavy atom. The number of terminal acetylenes is 1. The summed E-state index contributed by atoms with van der Waals surface area (Å²) >= 11 is 1.12. The summed E-state index contributed by atoms with van der Waals surface area (Å²) in [7, 11) is 0. The predicted molar refractivity (Wildman–Crippen MR) is 101 cm³/mol. The van der Waals surface area contributed by atoms with Gasteiger partial charge in [-0.05, 0) is 37.3 Å². The number of carbonyl (C=O) groups is 2. The molecule has 0 aliphatic rings. The molecule has 0 bridgehead atoms. The number of fused-ring (bicyclic) bond motifs is 1. The van der Waals surface area contributed by atoms with Crippen molar-refractivity contribution >= 4 is 33.4 Å². The predicted octanol–water partition coefficient (Wildman–Crippen LogP) is 3.53. The third kappa shape index (κ3) is 3.85. The number of amides is 1. The fraction of sp³-hybridized carbons (Fsp3) is 0.150. The Morgan fingerprint density at radius 3 is 2.71 bits per heavy atom. The molecule has 0 unspecified atom stereocenters. The van der Waals surface area contributed by atoms with Crippen LogP contribution >= 0.6 is 11.3 Å². The molecule has 0 spiro atoms. The van der Waals surface area contributed by atoms with Crippen molar-refractivity contribution in [2.45, 2.75) is 13.5 Å². The first kappa shape index (κ1) is 19.5. The van der Waals surface area contributed by atoms with E-state index in [1.807, 2.05) is 0 Å². The number of ether oxygens (including phenoxy) is 1. The van der Waals surface area contributed by atoms with Crippen molar-refractivity contribution < 1.29 is 23.1 Å². The highest BCUT2D eigenvalue weighted by Gasteiger charge is 2.15. The van der Waals surface area contributed by atoms with E-state index in [0.717, 1.165) is 23.5 Å². The minimum Gasteiger partial charge on any atom is -0.462 e. The first-order valence-corrected chi connectivity index (χ1v) is 9.04. The minimum atomic E-state index is -0.997. The quantitative estimate of drug-likeness (QED) is 0.497. The van der Waals surface area contributed by atoms with Crippen molar-refractivity contribution in [2.75, 3.05) is 6.61 Å². The van der Waals surface area contributed by atoms with Gasteiger partial charge in [0.15, 0.2) is 4.80 Å². The zero-order valence-electron chi connectivity index (χ0n) is 14.7. The summed E-state index contributed by atoms with van der Waals surface area (Å²) in [5, 5.41) is 0. The van der Waals surface area contributed by atoms with Crippen molar-refractivity contribution in [2.24, 2.45) is 4.99 Å². The van der Waals surface area contributed by atoms with Crippen LogP contribution in [0.4, 0.5) is 8.78 Å². The smallest absolute Gasteiger partial charge is 0.338 e. The van der Waals surface area contributed by atoms with Crippen LogP contribution in [0.25, 0.3) is 10.2 Å². The zero-order chi connectivity index (χ0) is 20.3. The van der Waals surface area contributed by atoms with Gasteiger partial charge < -0.3 is 9.30 Å². The molecule has 0 aliphatic heterocycles. The molecule has 0 saturated carbocycles. The Morgan fingerprint density at radius 2 is 2.04 bits per heavy atom. The van der Waals surface area contributed by atoms with Crippen LogP contribution in [0.5, 0.6) is 0 Å². The Hall–Kier alpha value is -3.31. The topological polar surface area (TPSA) is 60.7 Å². The Kier molecular flexibility index (Phi) is 5.66. The zero-order valence-corrected chi connectivity index (χ0v) is 15.6. The van der Waals surface area contributed by atoms with E-state index in [4.69, 9.17) is 11.2 Å². The molecule has 3 aromatic rings. The van der Waals surface area contributed by atoms with Crippen LogP contribution in [0.2, 0.25) is 0 Å². The number of thiazole rings is 1. The summed E-state index contributed by atoms with van der Waals surface area (Å²) in [5.41, 5.74) is 0.673. The number of esters is 1. The molecule has 0 fully saturated rings. The molecule has 0 radical (unpaired) electrons. The fourth-order valence-corrected chi connectivity index (χ4v) is 3.62. The lowest BCUT2D eigenvalue weighted by Gasteiger charge is -2.03. The molecule has 8 heteroatoms. The van der Waals surface area contributed by atoms with Gasteiger partial charge in [0, 0.05) is 6.07 Å². The number of hydrogen-bond donors (Lipinski definition) is 0. The van der Waals surface area contributed by atoms with Crippen molar-refractivity contribution in [3.63, 3.8) is 0 Å². The maximum absolute atomic E-state index is 13.9. The highest BCUT2D eigenvalue weighted by atomic mass is 32.1. The van der Waals surface area contributed by atoms with E-state index in [2.05, 4.69) is 10.9 Å². The van der Waals surface area contributed by atoms with E-state index in [1.54, 1.807) is 29.7 Å². The molecule has 0 aliphatic carbocycles. The van der Waals surface area contributed by atoms with Gasteiger partial charge in [-0.3, -0.25) is 4.79 Å². The first-order chi connectivity index (χ1) is 13.4. The molecule has 1 heterocycles. The molecule has 1 aromatic heterocycles. The molecule has 0 N–H and O–H groups in total. The number of rotatable bonds is 4. The van der Waals surface area contributed by atoms with Gasteiger partial charge in [-0.15, -0.1) is 6.42 Å². The van der Waals surface area contributed by atoms with Gasteiger partial charge in [0.05, 0.1) is 34.5 Å². The summed E-state index contributed by atoms with van der Waals surface area (Å²) in [4.78, 5) is 28.5. The lowest BCUT2D eigenvalue weighted by Crippen LogP contribution is -2.17. The molecule has 1 amide bonds. The third-order valence-corrected chi connectivity index (χ3v) is 4.84. The highest BCUT2D eigenvalue weighted by Crippen LogP contribution is 2.20. The molecular formula is C20H14F2N2O3S. The Labute approximate surface area is 162 Å². The van der Waals surface area contributed by atoms with Crippen LogP contribution in [-0.4, -0.2) is 23.1 Å². The summed E-state index contributed by atoms with van der Waals surface area (Å²) in [6.45, 7) is 2.08. The average molecular weight is 400 g/mol. The van der Waals surface area contributed by atoms with E-state index in [-0.39, 0.29) is 23.5 Å². The molecule has 2 aromatic carbocycles. The summed E-state index contributed by atoms with van der Waals surface area (Å²) < 4.78 is 34.2. The first-order valence-electron chi connectivity index (χ1n) is 8.22. The Bertz CT molecular complexity index is 1190. The molecule has 3 rings (SSSR count). The van der Waals surface area contributed by atoms with Crippen LogP contribution in [0, 0.1) is 24.0 Å². The number of carbonyl (C=O) groups excluding carboxylic acids is 2. The second kappa shape index (κ2) is 8.15. The van der Waals surface area contributed by atoms with E-state index in [0.29, 0.717) is 21.8 Å². The van der Waals surface area contributed by atoms with Crippen LogP contribution < -0.4 is 4.80 Å². The highest BCUT2D eigenvalue weighted by molar-refractivity contribution is 7.16. The van der Waals surface area contributed by atoms with Gasteiger partial charge in [-0.1, -0.05) is 17.3 Å². The lowest BCUT2D eigenvalue weighted by molar-refractivity contribution is 0.0526. The maximum atomic E-state index is 13.9. The van der Waals surface area contributed by atoms with Gasteiger partial charge in [0.25, 0.3) is 5.91 Å². The average Bonchev–Trinajstić information content (AvgIpc) is 2.98. The molecule has 0 saturated heterocycles. The molecule has 142 valence electrons. The van der Waals surface area contributed by atoms with Gasteiger partial charge in [-0.2, -0.15) is 4.99 Å². The van der Waals surface area contributed by atoms with Crippen molar-refractivity contribution in [1.82, 2.24) is 4.57 Å². The third-order valence-electron chi connectivity index (χ3n) is 3.80. The maximum Gasteiger partial charge on any atom is 0.338 e. The van der Waals surface area contributed by atoms with Crippen LogP contribution in [0.1, 0.15) is 27.6 Å². The largest absolute Gasteiger partial charge is 0.462 e. The number of halogens is 2. The number of nitrogens with zero attached hydrogens (tertiary/aromatic N) is 2. The Balaban J connectivity index is 2.12. The SMILES string of the molecule is C#CCn1c(=NC(=O)c2ccc(F)cc2F)sc2cc(C(=O)OCC)ccc21. The summed E-state index contributed by atoms with van der Waals surface area (Å²) in [6, 6.07) is 7.52. The van der Waals surface area contributed by atoms with E-state index >= 15 is 0 Å². The summed E-state index contributed by atoms with van der Waals surface area (Å²) in [6.07, 6.45) is 5.41. The molecule has 5 nitrogen and oxygen atoms in total. The van der Waals surface area contributed by atoms with E-state index in [1.165, 1.54) is 0 Å². The van der Waals surface area contributed by atoms with Gasteiger partial charge >= 0.3 is 5.97 Å². The lowest BCUT2D eigenvalue weighted by atomic mass is 10.2. The van der Waals surface area contributed by atoms with E-state index in [9.17, 15) is 18.4 Å². The second-order valence-corrected chi connectivity index (χ2v) is 6.63. The molecular weight excluding hydrogens is 386 g/mol. The minimum absolute atomic E-state index is 0.122. The summed E-state index contributed by atoms with van der Waals surface area (Å²) in [5.74, 6) is -0.638. The van der Waals surface area contributed by atoms with Crippen LogP contribution in [0.15, 0.2) is 41.4 Å². The van der Waals surface area contributed by atoms with Gasteiger partial charge in [0.2, 0.25) is 0 Å². The monoisotopic (exact) mass is 400 g/mol. The van der Waals surface area contributed by atoms with Crippen LogP contribution in [-0.2, 0) is 11.3 Å². The number of benzene rings is 2. The molecule has 28 heavy (non-hydrogen) atoms. The van der Waals surface area contributed by atoms with Gasteiger partial charge in [-0.25, -0.2) is 13.6 Å². The van der Waals surface area contributed by atoms with Crippen molar-refractivity contribution in [3.8, 4) is 12.3 Å². The second-order valence-electron chi connectivity index (χ2n) is 5.62. The fourth-order valence-electron chi connectivity index (χ4n) is 2.55. The van der Waals surface area contributed by atoms with Crippen molar-refractivity contribution in [1.29, 1.82) is 0 Å². The van der Waals surface area contributed by atoms with E-state index < -0.39 is 23.5 Å². The normalized spacial score (nSPS) is 11.4. The number of hydrogen-bond acceptors (Lipinski definition) is 4. The van der Waals surface area contributed by atoms with Crippen molar-refractivity contribution in [3.05, 3.63) is 64.0 Å². The van der Waals surface area contributed by atoms with Crippen LogP contribution in [0.3, 0.4) is 0 Å². The molecule has 0 atom stereocenters. The number of aromatic nitrogens is 1.